The lowest BCUT2D eigenvalue weighted by Crippen LogP contribution is -2.40. The number of carbonyl (C=O) groups is 1. The number of amides is 1. The third kappa shape index (κ3) is 3.02. The average molecular weight is 274 g/mol. The van der Waals surface area contributed by atoms with Gasteiger partial charge in [0.05, 0.1) is 18.1 Å². The molecule has 1 aliphatic carbocycles. The fourth-order valence-electron chi connectivity index (χ4n) is 2.35. The first-order valence-electron chi connectivity index (χ1n) is 6.74. The predicted octanol–water partition coefficient (Wildman–Crippen LogP) is 2.25. The molecule has 1 fully saturated rings. The second kappa shape index (κ2) is 5.83. The number of nitriles is 1. The molecule has 1 aromatic rings. The van der Waals surface area contributed by atoms with Crippen molar-refractivity contribution in [3.05, 3.63) is 23.8 Å². The number of phenolic OH excluding ortho intramolecular Hbond substituents is 2. The van der Waals surface area contributed by atoms with Crippen LogP contribution < -0.4 is 0 Å². The molecule has 1 amide bonds. The lowest BCUT2D eigenvalue weighted by Gasteiger charge is -2.29. The summed E-state index contributed by atoms with van der Waals surface area (Å²) in [5.41, 5.74) is 0.160. The van der Waals surface area contributed by atoms with Crippen LogP contribution in [-0.4, -0.2) is 33.6 Å². The Balaban J connectivity index is 2.22. The summed E-state index contributed by atoms with van der Waals surface area (Å²) >= 11 is 0. The molecule has 0 spiro atoms. The molecule has 0 aromatic heterocycles. The maximum absolute atomic E-state index is 12.5. The van der Waals surface area contributed by atoms with E-state index in [4.69, 9.17) is 5.26 Å². The summed E-state index contributed by atoms with van der Waals surface area (Å²) < 4.78 is 0. The second-order valence-corrected chi connectivity index (χ2v) is 5.19. The number of benzene rings is 1. The van der Waals surface area contributed by atoms with Gasteiger partial charge in [-0.1, -0.05) is 0 Å². The molecule has 106 valence electrons. The lowest BCUT2D eigenvalue weighted by molar-refractivity contribution is 0.0674. The van der Waals surface area contributed by atoms with E-state index in [-0.39, 0.29) is 35.4 Å². The van der Waals surface area contributed by atoms with E-state index >= 15 is 0 Å². The maximum Gasteiger partial charge on any atom is 0.257 e. The standard InChI is InChI=1S/C15H18N2O3/c1-10(11-3-4-11)17(8-2-7-16)15(20)13-6-5-12(18)9-14(13)19/h5-6,9-11,18-19H,2-4,8H2,1H3. The molecule has 1 unspecified atom stereocenters. The summed E-state index contributed by atoms with van der Waals surface area (Å²) in [7, 11) is 0. The fraction of sp³-hybridized carbons (Fsp3) is 0.467. The highest BCUT2D eigenvalue weighted by molar-refractivity contribution is 5.97. The van der Waals surface area contributed by atoms with Gasteiger partial charge in [0.1, 0.15) is 11.5 Å². The number of carbonyl (C=O) groups excluding carboxylic acids is 1. The molecule has 0 aliphatic heterocycles. The minimum absolute atomic E-state index is 0.0593. The molecule has 1 aliphatic rings. The van der Waals surface area contributed by atoms with Crippen molar-refractivity contribution >= 4 is 5.91 Å². The molecule has 1 aromatic carbocycles. The third-order valence-corrected chi connectivity index (χ3v) is 3.73. The highest BCUT2D eigenvalue weighted by Gasteiger charge is 2.35. The molecule has 0 radical (unpaired) electrons. The van der Waals surface area contributed by atoms with Gasteiger partial charge >= 0.3 is 0 Å². The predicted molar refractivity (Wildman–Crippen MR) is 73.2 cm³/mol. The highest BCUT2D eigenvalue weighted by atomic mass is 16.3. The topological polar surface area (TPSA) is 84.6 Å². The Labute approximate surface area is 118 Å². The minimum atomic E-state index is -0.294. The second-order valence-electron chi connectivity index (χ2n) is 5.19. The van der Waals surface area contributed by atoms with Gasteiger partial charge in [0.25, 0.3) is 5.91 Å². The van der Waals surface area contributed by atoms with Crippen LogP contribution in [0.5, 0.6) is 11.5 Å². The quantitative estimate of drug-likeness (QED) is 0.862. The third-order valence-electron chi connectivity index (χ3n) is 3.73. The Hall–Kier alpha value is -2.22. The molecule has 1 atom stereocenters. The van der Waals surface area contributed by atoms with E-state index in [0.29, 0.717) is 12.5 Å². The van der Waals surface area contributed by atoms with Crippen molar-refractivity contribution < 1.29 is 15.0 Å². The van der Waals surface area contributed by atoms with Crippen molar-refractivity contribution in [1.29, 1.82) is 5.26 Å². The Kier molecular flexibility index (Phi) is 4.14. The fourth-order valence-corrected chi connectivity index (χ4v) is 2.35. The van der Waals surface area contributed by atoms with E-state index in [9.17, 15) is 15.0 Å². The number of hydrogen-bond donors (Lipinski definition) is 2. The molecule has 1 saturated carbocycles. The molecule has 0 bridgehead atoms. The van der Waals surface area contributed by atoms with Crippen molar-refractivity contribution in [3.8, 4) is 17.6 Å². The van der Waals surface area contributed by atoms with Gasteiger partial charge < -0.3 is 15.1 Å². The molecular weight excluding hydrogens is 256 g/mol. The molecule has 5 nitrogen and oxygen atoms in total. The molecule has 0 heterocycles. The van der Waals surface area contributed by atoms with E-state index < -0.39 is 0 Å². The van der Waals surface area contributed by atoms with Gasteiger partial charge in [-0.3, -0.25) is 4.79 Å². The number of rotatable bonds is 5. The molecule has 2 N–H and O–H groups in total. The first kappa shape index (κ1) is 14.2. The summed E-state index contributed by atoms with van der Waals surface area (Å²) in [5.74, 6) is -0.133. The summed E-state index contributed by atoms with van der Waals surface area (Å²) in [5, 5.41) is 27.8. The van der Waals surface area contributed by atoms with Crippen LogP contribution in [0.4, 0.5) is 0 Å². The maximum atomic E-state index is 12.5. The van der Waals surface area contributed by atoms with Gasteiger partial charge in [-0.05, 0) is 37.8 Å². The van der Waals surface area contributed by atoms with E-state index in [0.717, 1.165) is 18.9 Å². The van der Waals surface area contributed by atoms with Crippen molar-refractivity contribution in [2.75, 3.05) is 6.54 Å². The zero-order valence-electron chi connectivity index (χ0n) is 11.4. The molecule has 20 heavy (non-hydrogen) atoms. The van der Waals surface area contributed by atoms with Crippen LogP contribution in [0.2, 0.25) is 0 Å². The largest absolute Gasteiger partial charge is 0.508 e. The van der Waals surface area contributed by atoms with Crippen molar-refractivity contribution in [2.45, 2.75) is 32.2 Å². The molecule has 0 saturated heterocycles. The number of nitrogens with zero attached hydrogens (tertiary/aromatic N) is 2. The van der Waals surface area contributed by atoms with Gasteiger partial charge in [-0.2, -0.15) is 5.26 Å². The van der Waals surface area contributed by atoms with Crippen LogP contribution in [0.1, 0.15) is 36.5 Å². The molecular formula is C15H18N2O3. The molecule has 5 heteroatoms. The Bertz CT molecular complexity index is 547. The highest BCUT2D eigenvalue weighted by Crippen LogP contribution is 2.36. The SMILES string of the molecule is CC(C1CC1)N(CCC#N)C(=O)c1ccc(O)cc1O. The van der Waals surface area contributed by atoms with E-state index in [1.807, 2.05) is 13.0 Å². The Morgan fingerprint density at radius 1 is 1.50 bits per heavy atom. The van der Waals surface area contributed by atoms with Gasteiger partial charge in [0.15, 0.2) is 0 Å². The number of aromatic hydroxyl groups is 2. The van der Waals surface area contributed by atoms with Crippen LogP contribution in [0.15, 0.2) is 18.2 Å². The number of phenols is 2. The minimum Gasteiger partial charge on any atom is -0.508 e. The monoisotopic (exact) mass is 274 g/mol. The van der Waals surface area contributed by atoms with Crippen molar-refractivity contribution in [3.63, 3.8) is 0 Å². The molecule has 2 rings (SSSR count). The van der Waals surface area contributed by atoms with E-state index in [2.05, 4.69) is 0 Å². The van der Waals surface area contributed by atoms with Crippen LogP contribution in [0.25, 0.3) is 0 Å². The van der Waals surface area contributed by atoms with Gasteiger partial charge in [-0.15, -0.1) is 0 Å². The van der Waals surface area contributed by atoms with Crippen molar-refractivity contribution in [2.24, 2.45) is 5.92 Å². The normalized spacial score (nSPS) is 15.4. The Morgan fingerprint density at radius 3 is 2.75 bits per heavy atom. The van der Waals surface area contributed by atoms with Crippen LogP contribution in [0, 0.1) is 17.2 Å². The van der Waals surface area contributed by atoms with E-state index in [1.165, 1.54) is 12.1 Å². The van der Waals surface area contributed by atoms with E-state index in [1.54, 1.807) is 4.90 Å². The van der Waals surface area contributed by atoms with Gasteiger partial charge in [0.2, 0.25) is 0 Å². The summed E-state index contributed by atoms with van der Waals surface area (Å²) in [6.45, 7) is 2.33. The van der Waals surface area contributed by atoms with Crippen LogP contribution in [-0.2, 0) is 0 Å². The number of hydrogen-bond acceptors (Lipinski definition) is 4. The smallest absolute Gasteiger partial charge is 0.257 e. The first-order valence-corrected chi connectivity index (χ1v) is 6.74. The first-order chi connectivity index (χ1) is 9.54. The van der Waals surface area contributed by atoms with Crippen LogP contribution in [0.3, 0.4) is 0 Å². The zero-order chi connectivity index (χ0) is 14.7. The van der Waals surface area contributed by atoms with Crippen LogP contribution >= 0.6 is 0 Å². The van der Waals surface area contributed by atoms with Gasteiger partial charge in [0, 0.05) is 18.7 Å². The van der Waals surface area contributed by atoms with Gasteiger partial charge in [-0.25, -0.2) is 0 Å². The summed E-state index contributed by atoms with van der Waals surface area (Å²) in [4.78, 5) is 14.2. The Morgan fingerprint density at radius 2 is 2.20 bits per heavy atom. The summed E-state index contributed by atoms with van der Waals surface area (Å²) in [6, 6.07) is 6.04. The lowest BCUT2D eigenvalue weighted by atomic mass is 10.1. The zero-order valence-corrected chi connectivity index (χ0v) is 11.4. The average Bonchev–Trinajstić information content (AvgIpc) is 3.22. The van der Waals surface area contributed by atoms with Crippen molar-refractivity contribution in [1.82, 2.24) is 4.90 Å². The summed E-state index contributed by atoms with van der Waals surface area (Å²) in [6.07, 6.45) is 2.46.